The van der Waals surface area contributed by atoms with Gasteiger partial charge in [-0.3, -0.25) is 14.7 Å². The lowest BCUT2D eigenvalue weighted by Gasteiger charge is -2.31. The van der Waals surface area contributed by atoms with E-state index in [2.05, 4.69) is 15.5 Å². The zero-order chi connectivity index (χ0) is 15.4. The quantitative estimate of drug-likeness (QED) is 0.890. The van der Waals surface area contributed by atoms with E-state index in [1.165, 1.54) is 12.5 Å². The Balaban J connectivity index is 1.44. The number of piperidine rings is 1. The molecule has 1 fully saturated rings. The first kappa shape index (κ1) is 14.4. The number of nitrogens with zero attached hydrogens (tertiary/aromatic N) is 2. The maximum absolute atomic E-state index is 12.2. The van der Waals surface area contributed by atoms with Crippen LogP contribution in [0.4, 0.5) is 0 Å². The summed E-state index contributed by atoms with van der Waals surface area (Å²) in [5.41, 5.74) is 0.588. The Labute approximate surface area is 127 Å². The Kier molecular flexibility index (Phi) is 4.22. The lowest BCUT2D eigenvalue weighted by atomic mass is 9.96. The first-order valence-electron chi connectivity index (χ1n) is 7.34. The third-order valence-corrected chi connectivity index (χ3v) is 3.94. The van der Waals surface area contributed by atoms with Crippen molar-refractivity contribution in [3.63, 3.8) is 0 Å². The van der Waals surface area contributed by atoms with E-state index in [0.717, 1.165) is 12.8 Å². The van der Waals surface area contributed by atoms with Gasteiger partial charge in [0.25, 0.3) is 11.8 Å². The molecule has 1 aliphatic heterocycles. The molecule has 0 aromatic carbocycles. The summed E-state index contributed by atoms with van der Waals surface area (Å²) in [5, 5.41) is 9.32. The van der Waals surface area contributed by atoms with Crippen LogP contribution in [0.3, 0.4) is 0 Å². The molecule has 7 nitrogen and oxygen atoms in total. The molecule has 3 rings (SSSR count). The highest BCUT2D eigenvalue weighted by molar-refractivity contribution is 5.93. The zero-order valence-electron chi connectivity index (χ0n) is 12.1. The van der Waals surface area contributed by atoms with Crippen molar-refractivity contribution in [2.75, 3.05) is 19.6 Å². The Bertz CT molecular complexity index is 613. The molecule has 116 valence electrons. The normalized spacial score (nSPS) is 15.7. The minimum atomic E-state index is -0.193. The highest BCUT2D eigenvalue weighted by atomic mass is 16.3. The van der Waals surface area contributed by atoms with Crippen molar-refractivity contribution in [3.8, 4) is 0 Å². The van der Waals surface area contributed by atoms with Gasteiger partial charge in [-0.1, -0.05) is 0 Å². The van der Waals surface area contributed by atoms with Crippen LogP contribution in [0.2, 0.25) is 0 Å². The highest BCUT2D eigenvalue weighted by Crippen LogP contribution is 2.18. The van der Waals surface area contributed by atoms with Crippen molar-refractivity contribution in [1.29, 1.82) is 0 Å². The van der Waals surface area contributed by atoms with Gasteiger partial charge in [0.1, 0.15) is 0 Å². The van der Waals surface area contributed by atoms with Gasteiger partial charge in [0.05, 0.1) is 18.0 Å². The van der Waals surface area contributed by atoms with Crippen molar-refractivity contribution in [3.05, 3.63) is 42.1 Å². The third kappa shape index (κ3) is 3.19. The molecule has 0 atom stereocenters. The maximum Gasteiger partial charge on any atom is 0.286 e. The number of furan rings is 1. The molecule has 0 unspecified atom stereocenters. The van der Waals surface area contributed by atoms with Crippen molar-refractivity contribution in [1.82, 2.24) is 20.4 Å². The summed E-state index contributed by atoms with van der Waals surface area (Å²) in [6.07, 6.45) is 6.38. The lowest BCUT2D eigenvalue weighted by Crippen LogP contribution is -2.41. The Morgan fingerprint density at radius 1 is 1.41 bits per heavy atom. The van der Waals surface area contributed by atoms with E-state index in [-0.39, 0.29) is 11.8 Å². The number of hydrogen-bond donors (Lipinski definition) is 2. The second-order valence-electron chi connectivity index (χ2n) is 5.41. The number of nitrogens with one attached hydrogen (secondary N) is 2. The van der Waals surface area contributed by atoms with Gasteiger partial charge in [0, 0.05) is 25.8 Å². The van der Waals surface area contributed by atoms with Crippen LogP contribution >= 0.6 is 0 Å². The summed E-state index contributed by atoms with van der Waals surface area (Å²) in [4.78, 5) is 25.8. The van der Waals surface area contributed by atoms with E-state index < -0.39 is 0 Å². The number of aromatic amines is 1. The lowest BCUT2D eigenvalue weighted by molar-refractivity contribution is 0.0683. The maximum atomic E-state index is 12.2. The molecule has 1 aliphatic rings. The van der Waals surface area contributed by atoms with Gasteiger partial charge in [-0.15, -0.1) is 0 Å². The second-order valence-corrected chi connectivity index (χ2v) is 5.41. The van der Waals surface area contributed by atoms with Crippen LogP contribution in [0, 0.1) is 5.92 Å². The van der Waals surface area contributed by atoms with Gasteiger partial charge in [0.15, 0.2) is 5.76 Å². The van der Waals surface area contributed by atoms with Crippen LogP contribution < -0.4 is 5.32 Å². The Morgan fingerprint density at radius 2 is 2.23 bits per heavy atom. The number of carbonyl (C=O) groups excluding carboxylic acids is 2. The van der Waals surface area contributed by atoms with E-state index in [1.807, 2.05) is 4.90 Å². The van der Waals surface area contributed by atoms with Crippen molar-refractivity contribution >= 4 is 11.8 Å². The first-order chi connectivity index (χ1) is 10.7. The standard InChI is InChI=1S/C15H18N4O3/c20-14(13-2-1-7-22-13)16-8-11-3-5-19(6-4-11)15(21)12-9-17-18-10-12/h1-2,7,9-11H,3-6,8H2,(H,16,20)(H,17,18). The average molecular weight is 302 g/mol. The predicted molar refractivity (Wildman–Crippen MR) is 78.3 cm³/mol. The fourth-order valence-electron chi connectivity index (χ4n) is 2.62. The molecule has 22 heavy (non-hydrogen) atoms. The molecule has 2 N–H and O–H groups in total. The van der Waals surface area contributed by atoms with Gasteiger partial charge in [0.2, 0.25) is 0 Å². The van der Waals surface area contributed by atoms with Crippen molar-refractivity contribution in [2.24, 2.45) is 5.92 Å². The van der Waals surface area contributed by atoms with Gasteiger partial charge >= 0.3 is 0 Å². The SMILES string of the molecule is O=C(NCC1CCN(C(=O)c2cn[nH]c2)CC1)c1ccco1. The van der Waals surface area contributed by atoms with Crippen molar-refractivity contribution < 1.29 is 14.0 Å². The molecule has 2 aromatic rings. The van der Waals surface area contributed by atoms with Crippen LogP contribution in [0.15, 0.2) is 35.2 Å². The summed E-state index contributed by atoms with van der Waals surface area (Å²) in [6, 6.07) is 3.33. The minimum Gasteiger partial charge on any atom is -0.459 e. The highest BCUT2D eigenvalue weighted by Gasteiger charge is 2.24. The summed E-state index contributed by atoms with van der Waals surface area (Å²) >= 11 is 0. The van der Waals surface area contributed by atoms with Gasteiger partial charge in [-0.25, -0.2) is 0 Å². The first-order valence-corrected chi connectivity index (χ1v) is 7.34. The molecular weight excluding hydrogens is 284 g/mol. The fourth-order valence-corrected chi connectivity index (χ4v) is 2.62. The third-order valence-electron chi connectivity index (χ3n) is 3.94. The van der Waals surface area contributed by atoms with E-state index in [4.69, 9.17) is 4.42 Å². The molecular formula is C15H18N4O3. The molecule has 0 aliphatic carbocycles. The van der Waals surface area contributed by atoms with Crippen LogP contribution in [0.25, 0.3) is 0 Å². The number of amides is 2. The minimum absolute atomic E-state index is 0.00632. The monoisotopic (exact) mass is 302 g/mol. The molecule has 2 amide bonds. The molecule has 1 saturated heterocycles. The Morgan fingerprint density at radius 3 is 2.86 bits per heavy atom. The number of carbonyl (C=O) groups is 2. The zero-order valence-corrected chi connectivity index (χ0v) is 12.1. The van der Waals surface area contributed by atoms with Crippen LogP contribution in [0.1, 0.15) is 33.8 Å². The molecule has 0 saturated carbocycles. The molecule has 0 spiro atoms. The van der Waals surface area contributed by atoms with E-state index in [1.54, 1.807) is 18.3 Å². The summed E-state index contributed by atoms with van der Waals surface area (Å²) in [7, 11) is 0. The molecule has 0 radical (unpaired) electrons. The number of hydrogen-bond acceptors (Lipinski definition) is 4. The van der Waals surface area contributed by atoms with E-state index in [0.29, 0.717) is 36.9 Å². The number of H-pyrrole nitrogens is 1. The molecule has 3 heterocycles. The Hall–Kier alpha value is -2.57. The van der Waals surface area contributed by atoms with Crippen molar-refractivity contribution in [2.45, 2.75) is 12.8 Å². The predicted octanol–water partition coefficient (Wildman–Crippen LogP) is 1.28. The second kappa shape index (κ2) is 6.46. The van der Waals surface area contributed by atoms with E-state index in [9.17, 15) is 9.59 Å². The fraction of sp³-hybridized carbons (Fsp3) is 0.400. The summed E-state index contributed by atoms with van der Waals surface area (Å²) < 4.78 is 5.05. The molecule has 2 aromatic heterocycles. The summed E-state index contributed by atoms with van der Waals surface area (Å²) in [6.45, 7) is 2.00. The largest absolute Gasteiger partial charge is 0.459 e. The van der Waals surface area contributed by atoms with E-state index >= 15 is 0 Å². The molecule has 7 heteroatoms. The van der Waals surface area contributed by atoms with Crippen LogP contribution in [0.5, 0.6) is 0 Å². The summed E-state index contributed by atoms with van der Waals surface area (Å²) in [5.74, 6) is 0.522. The van der Waals surface area contributed by atoms with Gasteiger partial charge < -0.3 is 14.6 Å². The number of rotatable bonds is 4. The van der Waals surface area contributed by atoms with Gasteiger partial charge in [-0.2, -0.15) is 5.10 Å². The average Bonchev–Trinajstić information content (AvgIpc) is 3.25. The van der Waals surface area contributed by atoms with Crippen LogP contribution in [-0.2, 0) is 0 Å². The van der Waals surface area contributed by atoms with Gasteiger partial charge in [-0.05, 0) is 30.9 Å². The smallest absolute Gasteiger partial charge is 0.286 e. The topological polar surface area (TPSA) is 91.2 Å². The molecule has 0 bridgehead atoms. The van der Waals surface area contributed by atoms with Crippen LogP contribution in [-0.4, -0.2) is 46.5 Å². The number of likely N-dealkylation sites (tertiary alicyclic amines) is 1. The number of aromatic nitrogens is 2.